The summed E-state index contributed by atoms with van der Waals surface area (Å²) in [5.74, 6) is 0.670. The van der Waals surface area contributed by atoms with Gasteiger partial charge in [-0.2, -0.15) is 0 Å². The van der Waals surface area contributed by atoms with Crippen molar-refractivity contribution in [2.45, 2.75) is 20.3 Å². The molecule has 2 heterocycles. The zero-order valence-corrected chi connectivity index (χ0v) is 14.5. The number of rotatable bonds is 1. The maximum atomic E-state index is 13.0. The molecule has 1 amide bonds. The first-order valence-corrected chi connectivity index (χ1v) is 8.78. The number of benzene rings is 2. The average molecular weight is 335 g/mol. The van der Waals surface area contributed by atoms with Gasteiger partial charge in [0, 0.05) is 18.5 Å². The minimum atomic E-state index is -0.557. The molecule has 0 bridgehead atoms. The number of piperidine rings is 1. The third-order valence-corrected chi connectivity index (χ3v) is 5.03. The van der Waals surface area contributed by atoms with Gasteiger partial charge in [0.1, 0.15) is 11.1 Å². The van der Waals surface area contributed by atoms with Crippen molar-refractivity contribution in [3.05, 3.63) is 58.4 Å². The smallest absolute Gasteiger partial charge is 0.349 e. The lowest BCUT2D eigenvalue weighted by Crippen LogP contribution is -2.43. The van der Waals surface area contributed by atoms with Crippen LogP contribution in [0.2, 0.25) is 0 Å². The molecule has 128 valence electrons. The van der Waals surface area contributed by atoms with E-state index in [1.165, 1.54) is 0 Å². The van der Waals surface area contributed by atoms with Crippen molar-refractivity contribution in [1.29, 1.82) is 0 Å². The van der Waals surface area contributed by atoms with Crippen LogP contribution in [0, 0.1) is 11.8 Å². The van der Waals surface area contributed by atoms with Gasteiger partial charge in [-0.1, -0.05) is 44.2 Å². The standard InChI is InChI=1S/C21H21NO3/c1-13-9-14(2)12-22(11-13)20(23)18-10-17-16-6-4-3-5-15(16)7-8-19(17)25-21(18)24/h3-8,10,13-14H,9,11-12H2,1-2H3/t13-,14-/m0/s1. The van der Waals surface area contributed by atoms with Crippen LogP contribution in [0.1, 0.15) is 30.6 Å². The van der Waals surface area contributed by atoms with Crippen LogP contribution < -0.4 is 5.63 Å². The van der Waals surface area contributed by atoms with E-state index in [-0.39, 0.29) is 11.5 Å². The number of fused-ring (bicyclic) bond motifs is 3. The minimum Gasteiger partial charge on any atom is -0.422 e. The highest BCUT2D eigenvalue weighted by Gasteiger charge is 2.28. The fraction of sp³-hybridized carbons (Fsp3) is 0.333. The van der Waals surface area contributed by atoms with Gasteiger partial charge in [0.25, 0.3) is 5.91 Å². The lowest BCUT2D eigenvalue weighted by Gasteiger charge is -2.34. The van der Waals surface area contributed by atoms with Crippen molar-refractivity contribution in [1.82, 2.24) is 4.90 Å². The Labute approximate surface area is 146 Å². The molecule has 1 fully saturated rings. The summed E-state index contributed by atoms with van der Waals surface area (Å²) in [6.07, 6.45) is 1.11. The summed E-state index contributed by atoms with van der Waals surface area (Å²) in [6, 6.07) is 13.3. The fourth-order valence-corrected chi connectivity index (χ4v) is 4.02. The maximum absolute atomic E-state index is 13.0. The van der Waals surface area contributed by atoms with Crippen molar-refractivity contribution in [3.63, 3.8) is 0 Å². The van der Waals surface area contributed by atoms with E-state index in [0.717, 1.165) is 22.6 Å². The van der Waals surface area contributed by atoms with Crippen LogP contribution in [0.3, 0.4) is 0 Å². The molecular formula is C21H21NO3. The maximum Gasteiger partial charge on any atom is 0.349 e. The van der Waals surface area contributed by atoms with Gasteiger partial charge in [-0.05, 0) is 41.2 Å². The summed E-state index contributed by atoms with van der Waals surface area (Å²) in [5, 5.41) is 2.85. The molecule has 1 aliphatic rings. The summed E-state index contributed by atoms with van der Waals surface area (Å²) >= 11 is 0. The van der Waals surface area contributed by atoms with Crippen LogP contribution in [-0.2, 0) is 0 Å². The summed E-state index contributed by atoms with van der Waals surface area (Å²) in [4.78, 5) is 27.2. The Bertz CT molecular complexity index is 1010. The van der Waals surface area contributed by atoms with Gasteiger partial charge >= 0.3 is 5.63 Å². The van der Waals surface area contributed by atoms with Crippen molar-refractivity contribution in [2.75, 3.05) is 13.1 Å². The topological polar surface area (TPSA) is 50.5 Å². The first kappa shape index (κ1) is 15.9. The van der Waals surface area contributed by atoms with Crippen LogP contribution in [0.4, 0.5) is 0 Å². The number of likely N-dealkylation sites (tertiary alicyclic amines) is 1. The zero-order valence-electron chi connectivity index (χ0n) is 14.5. The van der Waals surface area contributed by atoms with Crippen molar-refractivity contribution >= 4 is 27.6 Å². The number of hydrogen-bond donors (Lipinski definition) is 0. The van der Waals surface area contributed by atoms with Crippen LogP contribution in [-0.4, -0.2) is 23.9 Å². The van der Waals surface area contributed by atoms with Crippen LogP contribution in [0.25, 0.3) is 21.7 Å². The molecule has 0 unspecified atom stereocenters. The summed E-state index contributed by atoms with van der Waals surface area (Å²) in [7, 11) is 0. The predicted molar refractivity (Wildman–Crippen MR) is 98.8 cm³/mol. The Morgan fingerprint density at radius 1 is 1.04 bits per heavy atom. The highest BCUT2D eigenvalue weighted by molar-refractivity contribution is 6.07. The third-order valence-electron chi connectivity index (χ3n) is 5.03. The summed E-state index contributed by atoms with van der Waals surface area (Å²) in [5.41, 5.74) is 0.0874. The van der Waals surface area contributed by atoms with Crippen molar-refractivity contribution in [2.24, 2.45) is 11.8 Å². The molecule has 4 heteroatoms. The second-order valence-electron chi connectivity index (χ2n) is 7.30. The summed E-state index contributed by atoms with van der Waals surface area (Å²) < 4.78 is 5.46. The van der Waals surface area contributed by atoms with E-state index in [0.29, 0.717) is 30.5 Å². The largest absolute Gasteiger partial charge is 0.422 e. The second kappa shape index (κ2) is 6.03. The van der Waals surface area contributed by atoms with E-state index in [1.54, 1.807) is 17.0 Å². The number of nitrogens with zero attached hydrogens (tertiary/aromatic N) is 1. The number of amides is 1. The molecule has 2 aromatic carbocycles. The van der Waals surface area contributed by atoms with Crippen LogP contribution >= 0.6 is 0 Å². The van der Waals surface area contributed by atoms with Gasteiger partial charge in [-0.15, -0.1) is 0 Å². The Hall–Kier alpha value is -2.62. The second-order valence-corrected chi connectivity index (χ2v) is 7.30. The van der Waals surface area contributed by atoms with Gasteiger partial charge in [0.05, 0.1) is 0 Å². The van der Waals surface area contributed by atoms with Gasteiger partial charge < -0.3 is 9.32 Å². The van der Waals surface area contributed by atoms with Crippen molar-refractivity contribution in [3.8, 4) is 0 Å². The highest BCUT2D eigenvalue weighted by Crippen LogP contribution is 2.26. The molecule has 3 aromatic rings. The summed E-state index contributed by atoms with van der Waals surface area (Å²) in [6.45, 7) is 5.67. The third kappa shape index (κ3) is 2.82. The van der Waals surface area contributed by atoms with Crippen LogP contribution in [0.15, 0.2) is 51.7 Å². The number of carbonyl (C=O) groups excluding carboxylic acids is 1. The monoisotopic (exact) mass is 335 g/mol. The Balaban J connectivity index is 1.84. The molecular weight excluding hydrogens is 314 g/mol. The van der Waals surface area contributed by atoms with Gasteiger partial charge in [0.15, 0.2) is 0 Å². The molecule has 1 aliphatic heterocycles. The average Bonchev–Trinajstić information content (AvgIpc) is 2.59. The van der Waals surface area contributed by atoms with E-state index in [1.807, 2.05) is 30.3 Å². The predicted octanol–water partition coefficient (Wildman–Crippen LogP) is 4.06. The van der Waals surface area contributed by atoms with Crippen molar-refractivity contribution < 1.29 is 9.21 Å². The van der Waals surface area contributed by atoms with Gasteiger partial charge in [-0.3, -0.25) is 4.79 Å². The van der Waals surface area contributed by atoms with Crippen LogP contribution in [0.5, 0.6) is 0 Å². The first-order valence-electron chi connectivity index (χ1n) is 8.78. The molecule has 2 atom stereocenters. The molecule has 1 aromatic heterocycles. The Morgan fingerprint density at radius 2 is 1.76 bits per heavy atom. The van der Waals surface area contributed by atoms with E-state index in [9.17, 15) is 9.59 Å². The SMILES string of the molecule is C[C@H]1C[C@H](C)CN(C(=O)c2cc3c(ccc4ccccc43)oc2=O)C1. The normalized spacial score (nSPS) is 21.0. The minimum absolute atomic E-state index is 0.130. The fourth-order valence-electron chi connectivity index (χ4n) is 4.02. The van der Waals surface area contributed by atoms with E-state index >= 15 is 0 Å². The lowest BCUT2D eigenvalue weighted by atomic mass is 9.91. The highest BCUT2D eigenvalue weighted by atomic mass is 16.4. The molecule has 0 spiro atoms. The molecule has 0 saturated carbocycles. The Morgan fingerprint density at radius 3 is 2.52 bits per heavy atom. The Kier molecular flexibility index (Phi) is 3.83. The molecule has 25 heavy (non-hydrogen) atoms. The molecule has 0 radical (unpaired) electrons. The molecule has 4 rings (SSSR count). The lowest BCUT2D eigenvalue weighted by molar-refractivity contribution is 0.0619. The first-order chi connectivity index (χ1) is 12.0. The van der Waals surface area contributed by atoms with E-state index in [4.69, 9.17) is 4.42 Å². The van der Waals surface area contributed by atoms with E-state index < -0.39 is 5.63 Å². The molecule has 1 saturated heterocycles. The quantitative estimate of drug-likeness (QED) is 0.498. The molecule has 0 aliphatic carbocycles. The van der Waals surface area contributed by atoms with Gasteiger partial charge in [-0.25, -0.2) is 4.79 Å². The molecule has 0 N–H and O–H groups in total. The zero-order chi connectivity index (χ0) is 17.6. The number of carbonyl (C=O) groups is 1. The van der Waals surface area contributed by atoms with E-state index in [2.05, 4.69) is 13.8 Å². The molecule has 4 nitrogen and oxygen atoms in total. The number of hydrogen-bond acceptors (Lipinski definition) is 3. The van der Waals surface area contributed by atoms with Gasteiger partial charge in [0.2, 0.25) is 0 Å².